The summed E-state index contributed by atoms with van der Waals surface area (Å²) >= 11 is 5.95. The normalized spacial score (nSPS) is 13.8. The quantitative estimate of drug-likeness (QED) is 0.728. The number of nitrogens with one attached hydrogen (secondary N) is 2. The molecule has 0 unspecified atom stereocenters. The second-order valence-corrected chi connectivity index (χ2v) is 6.24. The minimum Gasteiger partial charge on any atom is -0.345 e. The average molecular weight is 381 g/mol. The number of amides is 1. The third-order valence-corrected chi connectivity index (χ3v) is 4.24. The van der Waals surface area contributed by atoms with E-state index >= 15 is 0 Å². The van der Waals surface area contributed by atoms with Crippen LogP contribution in [-0.4, -0.2) is 31.6 Å². The van der Waals surface area contributed by atoms with Crippen molar-refractivity contribution < 1.29 is 4.79 Å². The number of halogens is 2. The van der Waals surface area contributed by atoms with Crippen molar-refractivity contribution in [2.75, 3.05) is 6.54 Å². The van der Waals surface area contributed by atoms with Crippen molar-refractivity contribution >= 4 is 35.6 Å². The molecule has 9 heteroatoms. The molecule has 0 radical (unpaired) electrons. The summed E-state index contributed by atoms with van der Waals surface area (Å²) in [6.45, 7) is 3.11. The molecule has 4 heterocycles. The zero-order valence-electron chi connectivity index (χ0n) is 13.4. The fourth-order valence-corrected chi connectivity index (χ4v) is 3.01. The summed E-state index contributed by atoms with van der Waals surface area (Å²) < 4.78 is 3.75. The van der Waals surface area contributed by atoms with E-state index in [0.717, 1.165) is 37.4 Å². The van der Waals surface area contributed by atoms with Crippen molar-refractivity contribution in [3.8, 4) is 0 Å². The number of carbonyl (C=O) groups excluding carboxylic acids is 1. The molecule has 0 bridgehead atoms. The molecule has 3 aromatic heterocycles. The smallest absolute Gasteiger partial charge is 0.271 e. The first-order valence-electron chi connectivity index (χ1n) is 7.88. The molecule has 2 N–H and O–H groups in total. The van der Waals surface area contributed by atoms with Crippen LogP contribution >= 0.6 is 24.0 Å². The maximum atomic E-state index is 12.3. The molecule has 0 aromatic carbocycles. The highest BCUT2D eigenvalue weighted by atomic mass is 35.5. The van der Waals surface area contributed by atoms with Gasteiger partial charge in [-0.05, 0) is 31.2 Å². The summed E-state index contributed by atoms with van der Waals surface area (Å²) in [5, 5.41) is 11.4. The zero-order valence-corrected chi connectivity index (χ0v) is 15.0. The molecule has 132 valence electrons. The number of rotatable bonds is 3. The molecule has 1 aliphatic rings. The molecule has 0 atom stereocenters. The molecule has 0 saturated heterocycles. The average Bonchev–Trinajstić information content (AvgIpc) is 3.10. The number of hydrogen-bond acceptors (Lipinski definition) is 4. The van der Waals surface area contributed by atoms with Gasteiger partial charge in [-0.1, -0.05) is 11.6 Å². The number of pyridine rings is 1. The van der Waals surface area contributed by atoms with E-state index in [-0.39, 0.29) is 18.3 Å². The first-order valence-corrected chi connectivity index (χ1v) is 8.25. The number of nitrogens with zero attached hydrogens (tertiary/aromatic N) is 4. The van der Waals surface area contributed by atoms with E-state index in [1.54, 1.807) is 28.9 Å². The molecular formula is C16H18Cl2N6O. The number of aryl methyl sites for hydroxylation is 1. The van der Waals surface area contributed by atoms with Crippen LogP contribution in [0.4, 0.5) is 0 Å². The van der Waals surface area contributed by atoms with Crippen molar-refractivity contribution in [2.24, 2.45) is 0 Å². The molecule has 7 nitrogen and oxygen atoms in total. The van der Waals surface area contributed by atoms with Gasteiger partial charge >= 0.3 is 0 Å². The molecule has 0 spiro atoms. The Kier molecular flexibility index (Phi) is 5.27. The topological polar surface area (TPSA) is 76.2 Å². The predicted molar refractivity (Wildman–Crippen MR) is 97.2 cm³/mol. The Bertz CT molecular complexity index is 880. The van der Waals surface area contributed by atoms with Crippen molar-refractivity contribution in [3.05, 3.63) is 52.7 Å². The van der Waals surface area contributed by atoms with Gasteiger partial charge in [-0.2, -0.15) is 5.10 Å². The van der Waals surface area contributed by atoms with Gasteiger partial charge in [0.15, 0.2) is 0 Å². The van der Waals surface area contributed by atoms with E-state index in [1.165, 1.54) is 0 Å². The number of fused-ring (bicyclic) bond motifs is 2. The van der Waals surface area contributed by atoms with E-state index in [1.807, 2.05) is 10.7 Å². The van der Waals surface area contributed by atoms with Gasteiger partial charge in [0.1, 0.15) is 11.3 Å². The van der Waals surface area contributed by atoms with Crippen LogP contribution in [0.3, 0.4) is 0 Å². The Balaban J connectivity index is 0.00000182. The highest BCUT2D eigenvalue weighted by Crippen LogP contribution is 2.12. The van der Waals surface area contributed by atoms with Gasteiger partial charge in [0.05, 0.1) is 23.0 Å². The van der Waals surface area contributed by atoms with Crippen LogP contribution in [0.2, 0.25) is 5.02 Å². The van der Waals surface area contributed by atoms with E-state index in [9.17, 15) is 4.79 Å². The van der Waals surface area contributed by atoms with Crippen molar-refractivity contribution in [2.45, 2.75) is 26.1 Å². The van der Waals surface area contributed by atoms with Gasteiger partial charge in [-0.15, -0.1) is 12.4 Å². The molecular weight excluding hydrogens is 363 g/mol. The van der Waals surface area contributed by atoms with Crippen LogP contribution < -0.4 is 10.6 Å². The van der Waals surface area contributed by atoms with Gasteiger partial charge in [-0.3, -0.25) is 9.48 Å². The third-order valence-electron chi connectivity index (χ3n) is 4.02. The summed E-state index contributed by atoms with van der Waals surface area (Å²) in [5.74, 6) is -0.226. The Labute approximate surface area is 155 Å². The first-order chi connectivity index (χ1) is 11.7. The molecule has 3 aromatic rings. The van der Waals surface area contributed by atoms with E-state index in [4.69, 9.17) is 11.6 Å². The van der Waals surface area contributed by atoms with Crippen LogP contribution in [-0.2, 0) is 19.6 Å². The molecule has 0 aliphatic carbocycles. The van der Waals surface area contributed by atoms with Gasteiger partial charge in [0, 0.05) is 25.5 Å². The first kappa shape index (κ1) is 17.7. The van der Waals surface area contributed by atoms with Crippen molar-refractivity contribution in [1.82, 2.24) is 29.8 Å². The molecule has 0 saturated carbocycles. The fourth-order valence-electron chi connectivity index (χ4n) is 2.84. The third kappa shape index (κ3) is 3.78. The highest BCUT2D eigenvalue weighted by Gasteiger charge is 2.14. The fraction of sp³-hybridized carbons (Fsp3) is 0.312. The highest BCUT2D eigenvalue weighted by molar-refractivity contribution is 6.30. The molecule has 0 fully saturated rings. The SMILES string of the molecule is Cl.O=C(NCc1cc2n(n1)CCCNC2)c1cn2cc(Cl)ccc2n1. The van der Waals surface area contributed by atoms with Crippen LogP contribution in [0.1, 0.15) is 28.3 Å². The number of aromatic nitrogens is 4. The molecule has 1 aliphatic heterocycles. The number of hydrogen-bond donors (Lipinski definition) is 2. The van der Waals surface area contributed by atoms with Gasteiger partial charge in [0.25, 0.3) is 5.91 Å². The summed E-state index contributed by atoms with van der Waals surface area (Å²) in [6.07, 6.45) is 4.45. The van der Waals surface area contributed by atoms with Crippen LogP contribution in [0, 0.1) is 0 Å². The van der Waals surface area contributed by atoms with Gasteiger partial charge in [-0.25, -0.2) is 4.98 Å². The monoisotopic (exact) mass is 380 g/mol. The lowest BCUT2D eigenvalue weighted by Crippen LogP contribution is -2.23. The maximum Gasteiger partial charge on any atom is 0.271 e. The summed E-state index contributed by atoms with van der Waals surface area (Å²) in [4.78, 5) is 16.6. The predicted octanol–water partition coefficient (Wildman–Crippen LogP) is 2.03. The summed E-state index contributed by atoms with van der Waals surface area (Å²) in [7, 11) is 0. The minimum absolute atomic E-state index is 0. The van der Waals surface area contributed by atoms with Crippen LogP contribution in [0.5, 0.6) is 0 Å². The second-order valence-electron chi connectivity index (χ2n) is 5.80. The molecule has 4 rings (SSSR count). The second kappa shape index (κ2) is 7.43. The van der Waals surface area contributed by atoms with Crippen molar-refractivity contribution in [1.29, 1.82) is 0 Å². The zero-order chi connectivity index (χ0) is 16.5. The molecule has 1 amide bonds. The largest absolute Gasteiger partial charge is 0.345 e. The maximum absolute atomic E-state index is 12.3. The lowest BCUT2D eigenvalue weighted by Gasteiger charge is -2.01. The Morgan fingerprint density at radius 3 is 3.12 bits per heavy atom. The van der Waals surface area contributed by atoms with E-state index in [2.05, 4.69) is 20.7 Å². The van der Waals surface area contributed by atoms with E-state index in [0.29, 0.717) is 22.9 Å². The lowest BCUT2D eigenvalue weighted by atomic mass is 10.3. The number of carbonyl (C=O) groups is 1. The Hall–Kier alpha value is -2.09. The Morgan fingerprint density at radius 1 is 1.36 bits per heavy atom. The standard InChI is InChI=1S/C16H17ClN6O.ClH/c17-11-2-3-15-20-14(10-22(15)9-11)16(24)19-7-12-6-13-8-18-4-1-5-23(13)21-12;/h2-3,6,9-10,18H,1,4-5,7-8H2,(H,19,24);1H. The van der Waals surface area contributed by atoms with Crippen LogP contribution in [0.25, 0.3) is 5.65 Å². The summed E-state index contributed by atoms with van der Waals surface area (Å²) in [6, 6.07) is 5.55. The van der Waals surface area contributed by atoms with Crippen LogP contribution in [0.15, 0.2) is 30.6 Å². The number of imidazole rings is 1. The van der Waals surface area contributed by atoms with E-state index < -0.39 is 0 Å². The Morgan fingerprint density at radius 2 is 2.24 bits per heavy atom. The molecule has 25 heavy (non-hydrogen) atoms. The van der Waals surface area contributed by atoms with Gasteiger partial charge in [0.2, 0.25) is 0 Å². The lowest BCUT2D eigenvalue weighted by molar-refractivity contribution is 0.0946. The van der Waals surface area contributed by atoms with Crippen molar-refractivity contribution in [3.63, 3.8) is 0 Å². The minimum atomic E-state index is -0.226. The summed E-state index contributed by atoms with van der Waals surface area (Å²) in [5.41, 5.74) is 3.05. The van der Waals surface area contributed by atoms with Gasteiger partial charge < -0.3 is 15.0 Å².